The largest absolute Gasteiger partial charge is 0.495 e. The number of hydrogen-bond acceptors (Lipinski definition) is 8. The van der Waals surface area contributed by atoms with Gasteiger partial charge in [-0.2, -0.15) is 18.2 Å². The van der Waals surface area contributed by atoms with E-state index < -0.39 is 17.7 Å². The molecule has 1 heterocycles. The number of benzene rings is 2. The van der Waals surface area contributed by atoms with E-state index in [0.29, 0.717) is 29.0 Å². The fraction of sp³-hybridized carbons (Fsp3) is 0.346. The quantitative estimate of drug-likeness (QED) is 0.347. The second kappa shape index (κ2) is 11.5. The lowest BCUT2D eigenvalue weighted by atomic mass is 9.91. The highest BCUT2D eigenvalue weighted by Crippen LogP contribution is 2.36. The average molecular weight is 516 g/mol. The molecule has 8 nitrogen and oxygen atoms in total. The minimum absolute atomic E-state index is 0.0108. The van der Waals surface area contributed by atoms with Crippen LogP contribution in [-0.4, -0.2) is 35.1 Å². The van der Waals surface area contributed by atoms with Crippen molar-refractivity contribution in [2.75, 3.05) is 17.7 Å². The molecule has 0 bridgehead atoms. The molecule has 3 aromatic rings. The van der Waals surface area contributed by atoms with E-state index in [1.54, 1.807) is 48.5 Å². The minimum Gasteiger partial charge on any atom is -0.495 e. The van der Waals surface area contributed by atoms with Crippen molar-refractivity contribution in [1.82, 2.24) is 9.97 Å². The molecular weight excluding hydrogens is 487 g/mol. The Bertz CT molecular complexity index is 1220. The number of esters is 1. The van der Waals surface area contributed by atoms with Crippen molar-refractivity contribution in [2.24, 2.45) is 5.73 Å². The van der Waals surface area contributed by atoms with Gasteiger partial charge < -0.3 is 25.8 Å². The van der Waals surface area contributed by atoms with E-state index in [-0.39, 0.29) is 30.5 Å². The van der Waals surface area contributed by atoms with E-state index in [2.05, 4.69) is 20.6 Å². The Hall–Kier alpha value is -3.86. The zero-order valence-corrected chi connectivity index (χ0v) is 20.2. The number of nitrogens with one attached hydrogen (secondary N) is 2. The van der Waals surface area contributed by atoms with E-state index in [0.717, 1.165) is 25.5 Å². The highest BCUT2D eigenvalue weighted by Gasteiger charge is 2.36. The molecule has 1 aliphatic rings. The first-order chi connectivity index (χ1) is 17.7. The van der Waals surface area contributed by atoms with Crippen molar-refractivity contribution in [3.05, 3.63) is 71.4 Å². The number of methoxy groups -OCH3 is 1. The van der Waals surface area contributed by atoms with E-state index in [1.165, 1.54) is 7.11 Å². The van der Waals surface area contributed by atoms with Crippen LogP contribution in [0.1, 0.15) is 47.2 Å². The average Bonchev–Trinajstić information content (AvgIpc) is 2.89. The second-order valence-electron chi connectivity index (χ2n) is 8.75. The van der Waals surface area contributed by atoms with Gasteiger partial charge in [0.2, 0.25) is 5.95 Å². The summed E-state index contributed by atoms with van der Waals surface area (Å²) in [5.41, 5.74) is 6.69. The molecule has 0 radical (unpaired) electrons. The fourth-order valence-electron chi connectivity index (χ4n) is 4.13. The number of anilines is 3. The van der Waals surface area contributed by atoms with Crippen LogP contribution >= 0.6 is 0 Å². The predicted octanol–water partition coefficient (Wildman–Crippen LogP) is 5.29. The molecule has 2 atom stereocenters. The van der Waals surface area contributed by atoms with Crippen LogP contribution in [0.3, 0.4) is 0 Å². The van der Waals surface area contributed by atoms with Crippen LogP contribution in [0.25, 0.3) is 0 Å². The van der Waals surface area contributed by atoms with E-state index in [9.17, 15) is 18.0 Å². The number of rotatable bonds is 8. The molecule has 1 aliphatic carbocycles. The Labute approximate surface area is 212 Å². The SMILES string of the molecule is COc1cc(COC(=O)c2ccccc2)ccc1Nc1ncc(C(F)(F)F)c(NC2CCCCC2N)n1. The number of carbonyl (C=O) groups is 1. The number of hydrogen-bond donors (Lipinski definition) is 3. The van der Waals surface area contributed by atoms with Crippen molar-refractivity contribution in [1.29, 1.82) is 0 Å². The highest BCUT2D eigenvalue weighted by molar-refractivity contribution is 5.89. The molecule has 1 aromatic heterocycles. The molecule has 2 aromatic carbocycles. The van der Waals surface area contributed by atoms with Crippen LogP contribution in [0, 0.1) is 0 Å². The van der Waals surface area contributed by atoms with Gasteiger partial charge in [0.05, 0.1) is 18.4 Å². The zero-order chi connectivity index (χ0) is 26.4. The molecule has 4 rings (SSSR count). The number of halogens is 3. The van der Waals surface area contributed by atoms with Gasteiger partial charge in [-0.1, -0.05) is 37.1 Å². The molecule has 0 aliphatic heterocycles. The van der Waals surface area contributed by atoms with Gasteiger partial charge in [0.1, 0.15) is 23.7 Å². The summed E-state index contributed by atoms with van der Waals surface area (Å²) in [6.45, 7) is 0.0108. The van der Waals surface area contributed by atoms with Gasteiger partial charge in [-0.25, -0.2) is 9.78 Å². The van der Waals surface area contributed by atoms with Crippen LogP contribution < -0.4 is 21.1 Å². The first kappa shape index (κ1) is 26.2. The summed E-state index contributed by atoms with van der Waals surface area (Å²) in [5.74, 6) is -0.449. The molecule has 37 heavy (non-hydrogen) atoms. The number of aromatic nitrogens is 2. The molecule has 2 unspecified atom stereocenters. The van der Waals surface area contributed by atoms with Crippen LogP contribution in [0.2, 0.25) is 0 Å². The molecular formula is C26H28F3N5O3. The first-order valence-electron chi connectivity index (χ1n) is 11.9. The van der Waals surface area contributed by atoms with Gasteiger partial charge in [-0.3, -0.25) is 0 Å². The summed E-state index contributed by atoms with van der Waals surface area (Å²) in [7, 11) is 1.45. The Balaban J connectivity index is 1.50. The van der Waals surface area contributed by atoms with Crippen molar-refractivity contribution < 1.29 is 27.4 Å². The molecule has 0 amide bonds. The van der Waals surface area contributed by atoms with E-state index in [4.69, 9.17) is 15.2 Å². The molecule has 1 saturated carbocycles. The third-order valence-corrected chi connectivity index (χ3v) is 6.13. The second-order valence-corrected chi connectivity index (χ2v) is 8.75. The van der Waals surface area contributed by atoms with Crippen molar-refractivity contribution in [3.63, 3.8) is 0 Å². The lowest BCUT2D eigenvalue weighted by molar-refractivity contribution is -0.137. The maximum Gasteiger partial charge on any atom is 0.421 e. The molecule has 0 spiro atoms. The smallest absolute Gasteiger partial charge is 0.421 e. The number of ether oxygens (including phenoxy) is 2. The Morgan fingerprint density at radius 2 is 1.89 bits per heavy atom. The lowest BCUT2D eigenvalue weighted by Gasteiger charge is -2.30. The monoisotopic (exact) mass is 515 g/mol. The highest BCUT2D eigenvalue weighted by atomic mass is 19.4. The number of nitrogens with zero attached hydrogens (tertiary/aromatic N) is 2. The standard InChI is InChI=1S/C26H28F3N5O3/c1-36-22-13-16(15-37-24(35)17-7-3-2-4-8-17)11-12-21(22)33-25-31-14-18(26(27,28)29)23(34-25)32-20-10-6-5-9-19(20)30/h2-4,7-8,11-14,19-20H,5-6,9-10,15,30H2,1H3,(H2,31,32,33,34). The lowest BCUT2D eigenvalue weighted by Crippen LogP contribution is -2.43. The third-order valence-electron chi connectivity index (χ3n) is 6.13. The summed E-state index contributed by atoms with van der Waals surface area (Å²) in [6.07, 6.45) is -0.656. The van der Waals surface area contributed by atoms with Crippen molar-refractivity contribution in [3.8, 4) is 5.75 Å². The van der Waals surface area contributed by atoms with E-state index >= 15 is 0 Å². The van der Waals surface area contributed by atoms with Crippen LogP contribution in [0.15, 0.2) is 54.7 Å². The summed E-state index contributed by atoms with van der Waals surface area (Å²) in [4.78, 5) is 20.2. The van der Waals surface area contributed by atoms with Crippen LogP contribution in [0.4, 0.5) is 30.6 Å². The van der Waals surface area contributed by atoms with Gasteiger partial charge >= 0.3 is 12.1 Å². The minimum atomic E-state index is -4.63. The number of nitrogens with two attached hydrogens (primary N) is 1. The predicted molar refractivity (Wildman–Crippen MR) is 133 cm³/mol. The summed E-state index contributed by atoms with van der Waals surface area (Å²) >= 11 is 0. The fourth-order valence-corrected chi connectivity index (χ4v) is 4.13. The van der Waals surface area contributed by atoms with Gasteiger partial charge in [-0.15, -0.1) is 0 Å². The Kier molecular flexibility index (Phi) is 8.12. The van der Waals surface area contributed by atoms with Gasteiger partial charge in [-0.05, 0) is 42.7 Å². The van der Waals surface area contributed by atoms with Gasteiger partial charge in [0, 0.05) is 18.3 Å². The van der Waals surface area contributed by atoms with Gasteiger partial charge in [0.25, 0.3) is 0 Å². The number of alkyl halides is 3. The molecule has 1 fully saturated rings. The van der Waals surface area contributed by atoms with Crippen LogP contribution in [0.5, 0.6) is 5.75 Å². The zero-order valence-electron chi connectivity index (χ0n) is 20.2. The van der Waals surface area contributed by atoms with Gasteiger partial charge in [0.15, 0.2) is 0 Å². The topological polar surface area (TPSA) is 111 Å². The summed E-state index contributed by atoms with van der Waals surface area (Å²) < 4.78 is 51.7. The first-order valence-corrected chi connectivity index (χ1v) is 11.9. The third kappa shape index (κ3) is 6.67. The van der Waals surface area contributed by atoms with Crippen molar-refractivity contribution >= 4 is 23.4 Å². The molecule has 196 valence electrons. The Morgan fingerprint density at radius 3 is 2.59 bits per heavy atom. The molecule has 0 saturated heterocycles. The maximum atomic E-state index is 13.6. The Morgan fingerprint density at radius 1 is 1.14 bits per heavy atom. The van der Waals surface area contributed by atoms with Crippen molar-refractivity contribution in [2.45, 2.75) is 50.6 Å². The van der Waals surface area contributed by atoms with Crippen LogP contribution in [-0.2, 0) is 17.5 Å². The molecule has 4 N–H and O–H groups in total. The molecule has 11 heteroatoms. The summed E-state index contributed by atoms with van der Waals surface area (Å²) in [5, 5.41) is 5.81. The normalized spacial score (nSPS) is 17.6. The van der Waals surface area contributed by atoms with E-state index in [1.807, 2.05) is 0 Å². The maximum absolute atomic E-state index is 13.6. The number of carbonyl (C=O) groups excluding carboxylic acids is 1. The summed E-state index contributed by atoms with van der Waals surface area (Å²) in [6, 6.07) is 13.0.